The van der Waals surface area contributed by atoms with E-state index in [4.69, 9.17) is 0 Å². The minimum absolute atomic E-state index is 0. The molecule has 29 heavy (non-hydrogen) atoms. The molecule has 1 aliphatic rings. The number of aliphatic imine (C=N–C) groups is 1. The number of nitrogens with zero attached hydrogens (tertiary/aromatic N) is 3. The number of hydrogen-bond acceptors (Lipinski definition) is 3. The lowest BCUT2D eigenvalue weighted by atomic mass is 10.1. The maximum absolute atomic E-state index is 13.7. The molecule has 1 aromatic carbocycles. The number of piperidine rings is 1. The van der Waals surface area contributed by atoms with Crippen LogP contribution in [0.1, 0.15) is 24.0 Å². The van der Waals surface area contributed by atoms with E-state index < -0.39 is 11.6 Å². The standard InChI is InChI=1S/C21H27F2N5.HI/c1-15-6-7-19(26-14-15)28-12-9-17(10-13-28)27-21(24-2)25-11-8-16-4-3-5-18(22)20(16)23;/h3-7,14,17H,8-13H2,1-2H3,(H2,24,25,27);1H. The summed E-state index contributed by atoms with van der Waals surface area (Å²) in [4.78, 5) is 11.0. The number of pyridine rings is 1. The zero-order chi connectivity index (χ0) is 19.9. The average Bonchev–Trinajstić information content (AvgIpc) is 2.71. The number of aryl methyl sites for hydroxylation is 1. The van der Waals surface area contributed by atoms with E-state index in [2.05, 4.69) is 37.6 Å². The highest BCUT2D eigenvalue weighted by Gasteiger charge is 2.20. The first-order valence-corrected chi connectivity index (χ1v) is 9.64. The van der Waals surface area contributed by atoms with Gasteiger partial charge >= 0.3 is 0 Å². The van der Waals surface area contributed by atoms with Gasteiger partial charge in [0.1, 0.15) is 5.82 Å². The summed E-state index contributed by atoms with van der Waals surface area (Å²) in [6, 6.07) is 8.72. The molecule has 5 nitrogen and oxygen atoms in total. The van der Waals surface area contributed by atoms with E-state index in [1.165, 1.54) is 6.07 Å². The van der Waals surface area contributed by atoms with Crippen molar-refractivity contribution in [3.63, 3.8) is 0 Å². The Hall–Kier alpha value is -1.97. The fraction of sp³-hybridized carbons (Fsp3) is 0.429. The van der Waals surface area contributed by atoms with Crippen molar-refractivity contribution < 1.29 is 8.78 Å². The zero-order valence-corrected chi connectivity index (χ0v) is 19.1. The van der Waals surface area contributed by atoms with Gasteiger partial charge in [0.15, 0.2) is 17.6 Å². The molecule has 3 rings (SSSR count). The minimum Gasteiger partial charge on any atom is -0.356 e. The number of hydrogen-bond donors (Lipinski definition) is 2. The Morgan fingerprint density at radius 2 is 1.97 bits per heavy atom. The molecule has 0 aliphatic carbocycles. The van der Waals surface area contributed by atoms with E-state index in [-0.39, 0.29) is 24.0 Å². The number of halogens is 3. The topological polar surface area (TPSA) is 52.6 Å². The van der Waals surface area contributed by atoms with Gasteiger partial charge in [0.2, 0.25) is 0 Å². The Labute approximate surface area is 188 Å². The minimum atomic E-state index is -0.810. The molecular weight excluding hydrogens is 487 g/mol. The Bertz CT molecular complexity index is 805. The van der Waals surface area contributed by atoms with Crippen molar-refractivity contribution >= 4 is 35.8 Å². The van der Waals surface area contributed by atoms with Gasteiger partial charge in [-0.3, -0.25) is 4.99 Å². The normalized spacial score (nSPS) is 15.0. The van der Waals surface area contributed by atoms with Gasteiger partial charge in [-0.25, -0.2) is 13.8 Å². The summed E-state index contributed by atoms with van der Waals surface area (Å²) in [6.45, 7) is 4.37. The second kappa shape index (κ2) is 11.3. The van der Waals surface area contributed by atoms with E-state index in [1.54, 1.807) is 13.1 Å². The molecule has 1 saturated heterocycles. The second-order valence-corrected chi connectivity index (χ2v) is 7.06. The third kappa shape index (κ3) is 6.52. The molecule has 8 heteroatoms. The highest BCUT2D eigenvalue weighted by atomic mass is 127. The lowest BCUT2D eigenvalue weighted by Gasteiger charge is -2.33. The van der Waals surface area contributed by atoms with Crippen molar-refractivity contribution in [3.8, 4) is 0 Å². The van der Waals surface area contributed by atoms with E-state index in [9.17, 15) is 8.78 Å². The molecule has 0 atom stereocenters. The maximum atomic E-state index is 13.7. The van der Waals surface area contributed by atoms with Crippen molar-refractivity contribution in [2.24, 2.45) is 4.99 Å². The van der Waals surface area contributed by atoms with E-state index in [0.717, 1.165) is 43.4 Å². The molecule has 2 aromatic rings. The Kier molecular flexibility index (Phi) is 9.06. The van der Waals surface area contributed by atoms with Crippen LogP contribution in [0.25, 0.3) is 0 Å². The molecule has 0 radical (unpaired) electrons. The van der Waals surface area contributed by atoms with Crippen molar-refractivity contribution in [1.29, 1.82) is 0 Å². The predicted octanol–water partition coefficient (Wildman–Crippen LogP) is 3.66. The van der Waals surface area contributed by atoms with Crippen LogP contribution in [-0.4, -0.2) is 43.7 Å². The number of benzene rings is 1. The lowest BCUT2D eigenvalue weighted by molar-refractivity contribution is 0.459. The fourth-order valence-electron chi connectivity index (χ4n) is 3.35. The molecule has 0 bridgehead atoms. The summed E-state index contributed by atoms with van der Waals surface area (Å²) in [6.07, 6.45) is 4.25. The SMILES string of the molecule is CN=C(NCCc1cccc(F)c1F)NC1CCN(c2ccc(C)cn2)CC1.I. The third-order valence-corrected chi connectivity index (χ3v) is 5.00. The molecule has 1 fully saturated rings. The summed E-state index contributed by atoms with van der Waals surface area (Å²) in [5.74, 6) is 0.117. The quantitative estimate of drug-likeness (QED) is 0.363. The molecule has 2 heterocycles. The predicted molar refractivity (Wildman–Crippen MR) is 124 cm³/mol. The monoisotopic (exact) mass is 515 g/mol. The Balaban J connectivity index is 0.00000300. The molecule has 1 aliphatic heterocycles. The Morgan fingerprint density at radius 1 is 1.21 bits per heavy atom. The second-order valence-electron chi connectivity index (χ2n) is 7.06. The van der Waals surface area contributed by atoms with Gasteiger partial charge in [0, 0.05) is 38.9 Å². The van der Waals surface area contributed by atoms with Crippen molar-refractivity contribution in [3.05, 3.63) is 59.3 Å². The molecule has 1 aromatic heterocycles. The van der Waals surface area contributed by atoms with Crippen LogP contribution in [0.15, 0.2) is 41.5 Å². The number of aromatic nitrogens is 1. The fourth-order valence-corrected chi connectivity index (χ4v) is 3.35. The van der Waals surface area contributed by atoms with Crippen LogP contribution in [0.3, 0.4) is 0 Å². The van der Waals surface area contributed by atoms with Gasteiger partial charge in [0.05, 0.1) is 0 Å². The molecule has 0 spiro atoms. The molecule has 0 unspecified atom stereocenters. The van der Waals surface area contributed by atoms with Crippen LogP contribution < -0.4 is 15.5 Å². The van der Waals surface area contributed by atoms with Crippen molar-refractivity contribution in [2.75, 3.05) is 31.6 Å². The smallest absolute Gasteiger partial charge is 0.191 e. The highest BCUT2D eigenvalue weighted by Crippen LogP contribution is 2.18. The van der Waals surface area contributed by atoms with Crippen LogP contribution in [0.5, 0.6) is 0 Å². The van der Waals surface area contributed by atoms with Crippen molar-refractivity contribution in [1.82, 2.24) is 15.6 Å². The summed E-state index contributed by atoms with van der Waals surface area (Å²) in [5.41, 5.74) is 1.52. The largest absolute Gasteiger partial charge is 0.356 e. The van der Waals surface area contributed by atoms with Gasteiger partial charge in [-0.1, -0.05) is 18.2 Å². The molecular formula is C21H28F2IN5. The number of rotatable bonds is 5. The van der Waals surface area contributed by atoms with E-state index >= 15 is 0 Å². The average molecular weight is 515 g/mol. The summed E-state index contributed by atoms with van der Waals surface area (Å²) < 4.78 is 27.0. The van der Waals surface area contributed by atoms with Gasteiger partial charge in [0.25, 0.3) is 0 Å². The van der Waals surface area contributed by atoms with Gasteiger partial charge in [-0.15, -0.1) is 24.0 Å². The number of guanidine groups is 1. The van der Waals surface area contributed by atoms with E-state index in [0.29, 0.717) is 30.5 Å². The van der Waals surface area contributed by atoms with E-state index in [1.807, 2.05) is 13.1 Å². The first-order valence-electron chi connectivity index (χ1n) is 9.64. The maximum Gasteiger partial charge on any atom is 0.191 e. The van der Waals surface area contributed by atoms with Crippen LogP contribution in [0.4, 0.5) is 14.6 Å². The molecule has 158 valence electrons. The summed E-state index contributed by atoms with van der Waals surface area (Å²) in [7, 11) is 1.71. The molecule has 2 N–H and O–H groups in total. The van der Waals surface area contributed by atoms with Crippen LogP contribution in [-0.2, 0) is 6.42 Å². The first-order chi connectivity index (χ1) is 13.6. The van der Waals surface area contributed by atoms with Gasteiger partial charge in [-0.2, -0.15) is 0 Å². The van der Waals surface area contributed by atoms with Crippen molar-refractivity contribution in [2.45, 2.75) is 32.2 Å². The van der Waals surface area contributed by atoms with Crippen LogP contribution >= 0.6 is 24.0 Å². The zero-order valence-electron chi connectivity index (χ0n) is 16.8. The van der Waals surface area contributed by atoms with Crippen LogP contribution in [0, 0.1) is 18.6 Å². The lowest BCUT2D eigenvalue weighted by Crippen LogP contribution is -2.49. The number of anilines is 1. The molecule has 0 saturated carbocycles. The first kappa shape index (κ1) is 23.3. The summed E-state index contributed by atoms with van der Waals surface area (Å²) >= 11 is 0. The van der Waals surface area contributed by atoms with Gasteiger partial charge < -0.3 is 15.5 Å². The highest BCUT2D eigenvalue weighted by molar-refractivity contribution is 14.0. The Morgan fingerprint density at radius 3 is 2.62 bits per heavy atom. The molecule has 0 amide bonds. The van der Waals surface area contributed by atoms with Crippen LogP contribution in [0.2, 0.25) is 0 Å². The third-order valence-electron chi connectivity index (χ3n) is 5.00. The summed E-state index contributed by atoms with van der Waals surface area (Å²) in [5, 5.41) is 6.61. The van der Waals surface area contributed by atoms with Gasteiger partial charge in [-0.05, 0) is 49.4 Å². The number of nitrogens with one attached hydrogen (secondary N) is 2.